The van der Waals surface area contributed by atoms with Gasteiger partial charge in [0.05, 0.1) is 6.04 Å². The molecule has 0 aliphatic heterocycles. The molecule has 5 heteroatoms. The summed E-state index contributed by atoms with van der Waals surface area (Å²) in [5, 5.41) is 5.28. The van der Waals surface area contributed by atoms with E-state index in [0.717, 1.165) is 16.3 Å². The number of rotatable bonds is 9. The zero-order chi connectivity index (χ0) is 18.9. The van der Waals surface area contributed by atoms with Gasteiger partial charge in [-0.15, -0.1) is 0 Å². The molecule has 0 radical (unpaired) electrons. The summed E-state index contributed by atoms with van der Waals surface area (Å²) in [6.07, 6.45) is 1.28. The summed E-state index contributed by atoms with van der Waals surface area (Å²) in [5.41, 5.74) is 6.87. The second kappa shape index (κ2) is 9.92. The highest BCUT2D eigenvalue weighted by molar-refractivity contribution is 5.83. The maximum Gasteiger partial charge on any atom is 0.222 e. The van der Waals surface area contributed by atoms with E-state index in [1.165, 1.54) is 0 Å². The van der Waals surface area contributed by atoms with Crippen molar-refractivity contribution in [2.45, 2.75) is 39.2 Å². The Kier molecular flexibility index (Phi) is 7.60. The molecule has 2 aromatic rings. The van der Waals surface area contributed by atoms with Gasteiger partial charge in [0, 0.05) is 32.5 Å². The summed E-state index contributed by atoms with van der Waals surface area (Å²) in [6, 6.07) is 14.0. The molecule has 26 heavy (non-hydrogen) atoms. The summed E-state index contributed by atoms with van der Waals surface area (Å²) >= 11 is 0. The van der Waals surface area contributed by atoms with Gasteiger partial charge in [0.15, 0.2) is 0 Å². The van der Waals surface area contributed by atoms with Gasteiger partial charge in [-0.3, -0.25) is 9.59 Å². The molecule has 2 rings (SSSR count). The van der Waals surface area contributed by atoms with Crippen molar-refractivity contribution >= 4 is 22.6 Å². The fourth-order valence-electron chi connectivity index (χ4n) is 3.10. The van der Waals surface area contributed by atoms with Gasteiger partial charge in [0.2, 0.25) is 11.8 Å². The van der Waals surface area contributed by atoms with Crippen molar-refractivity contribution in [3.8, 4) is 0 Å². The van der Waals surface area contributed by atoms with Crippen LogP contribution in [0.15, 0.2) is 42.5 Å². The van der Waals surface area contributed by atoms with Crippen LogP contribution in [0.25, 0.3) is 10.8 Å². The molecule has 0 aromatic heterocycles. The second-order valence-electron chi connectivity index (χ2n) is 6.38. The first-order chi connectivity index (χ1) is 12.6. The molecule has 0 aliphatic carbocycles. The first kappa shape index (κ1) is 19.9. The molecular weight excluding hydrogens is 326 g/mol. The summed E-state index contributed by atoms with van der Waals surface area (Å²) in [4.78, 5) is 26.0. The lowest BCUT2D eigenvalue weighted by molar-refractivity contribution is -0.131. The summed E-state index contributed by atoms with van der Waals surface area (Å²) < 4.78 is 0. The van der Waals surface area contributed by atoms with E-state index in [0.29, 0.717) is 38.9 Å². The molecule has 2 amide bonds. The third-order valence-corrected chi connectivity index (χ3v) is 4.66. The zero-order valence-corrected chi connectivity index (χ0v) is 15.7. The number of nitrogens with two attached hydrogens (primary N) is 1. The second-order valence-corrected chi connectivity index (χ2v) is 6.38. The first-order valence-corrected chi connectivity index (χ1v) is 9.34. The molecule has 0 saturated heterocycles. The Balaban J connectivity index is 1.90. The van der Waals surface area contributed by atoms with Gasteiger partial charge in [0.1, 0.15) is 0 Å². The molecule has 3 N–H and O–H groups in total. The summed E-state index contributed by atoms with van der Waals surface area (Å²) in [6.45, 7) is 5.67. The van der Waals surface area contributed by atoms with Crippen molar-refractivity contribution in [2.75, 3.05) is 19.6 Å². The highest BCUT2D eigenvalue weighted by Crippen LogP contribution is 2.20. The van der Waals surface area contributed by atoms with E-state index in [1.54, 1.807) is 4.90 Å². The number of carbonyl (C=O) groups is 2. The van der Waals surface area contributed by atoms with Gasteiger partial charge >= 0.3 is 0 Å². The molecule has 0 spiro atoms. The number of nitrogens with zero attached hydrogens (tertiary/aromatic N) is 1. The number of hydrogen-bond donors (Lipinski definition) is 2. The third-order valence-electron chi connectivity index (χ3n) is 4.66. The smallest absolute Gasteiger partial charge is 0.222 e. The first-order valence-electron chi connectivity index (χ1n) is 9.34. The van der Waals surface area contributed by atoms with Crippen LogP contribution in [0, 0.1) is 0 Å². The van der Waals surface area contributed by atoms with Crippen LogP contribution in [0.1, 0.15) is 44.7 Å². The highest BCUT2D eigenvalue weighted by Gasteiger charge is 2.15. The van der Waals surface area contributed by atoms with E-state index in [2.05, 4.69) is 17.4 Å². The Morgan fingerprint density at radius 2 is 1.73 bits per heavy atom. The lowest BCUT2D eigenvalue weighted by Gasteiger charge is -2.19. The van der Waals surface area contributed by atoms with Crippen molar-refractivity contribution in [3.05, 3.63) is 48.0 Å². The number of amides is 2. The maximum atomic E-state index is 12.2. The average Bonchev–Trinajstić information content (AvgIpc) is 2.66. The molecular formula is C21H29N3O2. The molecule has 0 bridgehead atoms. The predicted molar refractivity (Wildman–Crippen MR) is 106 cm³/mol. The van der Waals surface area contributed by atoms with Crippen LogP contribution in [-0.2, 0) is 9.59 Å². The monoisotopic (exact) mass is 355 g/mol. The minimum Gasteiger partial charge on any atom is -0.348 e. The lowest BCUT2D eigenvalue weighted by atomic mass is 10.0. The van der Waals surface area contributed by atoms with Crippen LogP contribution in [0.3, 0.4) is 0 Å². The topological polar surface area (TPSA) is 75.4 Å². The van der Waals surface area contributed by atoms with Crippen LogP contribution >= 0.6 is 0 Å². The highest BCUT2D eigenvalue weighted by atomic mass is 16.2. The Bertz CT molecular complexity index is 741. The average molecular weight is 355 g/mol. The molecule has 0 heterocycles. The molecule has 1 atom stereocenters. The Morgan fingerprint density at radius 3 is 2.38 bits per heavy atom. The van der Waals surface area contributed by atoms with Crippen molar-refractivity contribution in [2.24, 2.45) is 5.73 Å². The standard InChI is InChI=1S/C21H29N3O2/c1-3-24(4-2)21(26)11-7-10-20(25)23-19(15-22)18-13-12-16-8-5-6-9-17(16)14-18/h5-6,8-9,12-14,19H,3-4,7,10-11,15,22H2,1-2H3,(H,23,25). The predicted octanol–water partition coefficient (Wildman–Crippen LogP) is 2.99. The Hall–Kier alpha value is -2.40. The SMILES string of the molecule is CCN(CC)C(=O)CCCC(=O)NC(CN)c1ccc2ccccc2c1. The van der Waals surface area contributed by atoms with Crippen molar-refractivity contribution in [1.82, 2.24) is 10.2 Å². The molecule has 1 unspecified atom stereocenters. The van der Waals surface area contributed by atoms with E-state index in [4.69, 9.17) is 5.73 Å². The number of hydrogen-bond acceptors (Lipinski definition) is 3. The molecule has 5 nitrogen and oxygen atoms in total. The van der Waals surface area contributed by atoms with Crippen LogP contribution in [-0.4, -0.2) is 36.3 Å². The summed E-state index contributed by atoms with van der Waals surface area (Å²) in [7, 11) is 0. The van der Waals surface area contributed by atoms with Crippen LogP contribution in [0.2, 0.25) is 0 Å². The van der Waals surface area contributed by atoms with Gasteiger partial charge in [-0.1, -0.05) is 36.4 Å². The van der Waals surface area contributed by atoms with Gasteiger partial charge in [-0.05, 0) is 42.7 Å². The van der Waals surface area contributed by atoms with Crippen LogP contribution in [0.5, 0.6) is 0 Å². The van der Waals surface area contributed by atoms with Crippen molar-refractivity contribution < 1.29 is 9.59 Å². The van der Waals surface area contributed by atoms with Gasteiger partial charge in [-0.2, -0.15) is 0 Å². The van der Waals surface area contributed by atoms with Gasteiger partial charge < -0.3 is 16.0 Å². The largest absolute Gasteiger partial charge is 0.348 e. The van der Waals surface area contributed by atoms with Crippen LogP contribution < -0.4 is 11.1 Å². The molecule has 140 valence electrons. The van der Waals surface area contributed by atoms with Crippen LogP contribution in [0.4, 0.5) is 0 Å². The van der Waals surface area contributed by atoms with E-state index in [9.17, 15) is 9.59 Å². The lowest BCUT2D eigenvalue weighted by Crippen LogP contribution is -2.34. The van der Waals surface area contributed by atoms with Gasteiger partial charge in [0.25, 0.3) is 0 Å². The number of nitrogens with one attached hydrogen (secondary N) is 1. The maximum absolute atomic E-state index is 12.2. The normalized spacial score (nSPS) is 12.0. The molecule has 0 saturated carbocycles. The third kappa shape index (κ3) is 5.30. The fraction of sp³-hybridized carbons (Fsp3) is 0.429. The molecule has 0 aliphatic rings. The number of carbonyl (C=O) groups excluding carboxylic acids is 2. The van der Waals surface area contributed by atoms with Crippen molar-refractivity contribution in [3.63, 3.8) is 0 Å². The van der Waals surface area contributed by atoms with Crippen molar-refractivity contribution in [1.29, 1.82) is 0 Å². The quantitative estimate of drug-likeness (QED) is 0.726. The molecule has 2 aromatic carbocycles. The van der Waals surface area contributed by atoms with E-state index in [1.807, 2.05) is 44.2 Å². The van der Waals surface area contributed by atoms with Gasteiger partial charge in [-0.25, -0.2) is 0 Å². The fourth-order valence-corrected chi connectivity index (χ4v) is 3.10. The minimum absolute atomic E-state index is 0.0686. The zero-order valence-electron chi connectivity index (χ0n) is 15.7. The molecule has 0 fully saturated rings. The van der Waals surface area contributed by atoms with E-state index >= 15 is 0 Å². The van der Waals surface area contributed by atoms with E-state index in [-0.39, 0.29) is 17.9 Å². The minimum atomic E-state index is -0.217. The summed E-state index contributed by atoms with van der Waals surface area (Å²) in [5.74, 6) is 0.0358. The van der Waals surface area contributed by atoms with E-state index < -0.39 is 0 Å². The Morgan fingerprint density at radius 1 is 1.04 bits per heavy atom. The number of fused-ring (bicyclic) bond motifs is 1. The Labute approximate surface area is 155 Å². The number of benzene rings is 2.